The average molecular weight is 236 g/mol. The molecule has 2 amide bonds. The Hall–Kier alpha value is -1.57. The van der Waals surface area contributed by atoms with Crippen LogP contribution < -0.4 is 5.73 Å². The Morgan fingerprint density at radius 3 is 2.71 bits per heavy atom. The molecule has 0 aromatic carbocycles. The van der Waals surface area contributed by atoms with Gasteiger partial charge in [0.25, 0.3) is 0 Å². The number of hydrogen-bond acceptors (Lipinski definition) is 3. The summed E-state index contributed by atoms with van der Waals surface area (Å²) in [6.45, 7) is 4.31. The molecule has 0 aromatic rings. The van der Waals surface area contributed by atoms with Gasteiger partial charge in [0, 0.05) is 13.1 Å². The summed E-state index contributed by atoms with van der Waals surface area (Å²) < 4.78 is 0. The van der Waals surface area contributed by atoms with Crippen molar-refractivity contribution in [2.75, 3.05) is 13.1 Å². The molecule has 1 aliphatic heterocycles. The number of piperidine rings is 1. The lowest BCUT2D eigenvalue weighted by molar-refractivity contribution is -0.134. The molecule has 1 saturated heterocycles. The standard InChI is InChI=1S/C12H18N3O2/c1-12(2,11(14)17)6-10(16)15-5-3-4-9(7-13)8-15/h6,9H,3-5,8H2,1-2H3,(H2,14,17)/t9-/m0/s1. The van der Waals surface area contributed by atoms with Crippen LogP contribution in [0.3, 0.4) is 0 Å². The second kappa shape index (κ2) is 5.17. The lowest BCUT2D eigenvalue weighted by atomic mass is 9.87. The number of nitrogens with two attached hydrogens (primary N) is 1. The number of nitriles is 1. The van der Waals surface area contributed by atoms with Gasteiger partial charge in [-0.1, -0.05) is 13.8 Å². The van der Waals surface area contributed by atoms with E-state index in [1.165, 1.54) is 6.42 Å². The molecule has 1 radical (unpaired) electrons. The summed E-state index contributed by atoms with van der Waals surface area (Å²) >= 11 is 0. The van der Waals surface area contributed by atoms with Crippen molar-refractivity contribution in [1.82, 2.24) is 4.90 Å². The number of carbonyl (C=O) groups excluding carboxylic acids is 2. The number of nitrogens with zero attached hydrogens (tertiary/aromatic N) is 2. The van der Waals surface area contributed by atoms with E-state index in [1.54, 1.807) is 18.7 Å². The maximum atomic E-state index is 11.9. The highest BCUT2D eigenvalue weighted by Crippen LogP contribution is 2.22. The highest BCUT2D eigenvalue weighted by Gasteiger charge is 2.32. The van der Waals surface area contributed by atoms with E-state index in [0.29, 0.717) is 13.1 Å². The average Bonchev–Trinajstić information content (AvgIpc) is 2.28. The van der Waals surface area contributed by atoms with Gasteiger partial charge < -0.3 is 10.6 Å². The monoisotopic (exact) mass is 236 g/mol. The normalized spacial score (nSPS) is 20.8. The third kappa shape index (κ3) is 3.45. The van der Waals surface area contributed by atoms with Gasteiger partial charge in [0.15, 0.2) is 0 Å². The van der Waals surface area contributed by atoms with E-state index in [0.717, 1.165) is 12.8 Å². The largest absolute Gasteiger partial charge is 0.369 e. The van der Waals surface area contributed by atoms with Gasteiger partial charge in [-0.2, -0.15) is 5.26 Å². The van der Waals surface area contributed by atoms with Gasteiger partial charge in [-0.15, -0.1) is 0 Å². The first kappa shape index (κ1) is 13.5. The van der Waals surface area contributed by atoms with Crippen LogP contribution in [0.2, 0.25) is 0 Å². The van der Waals surface area contributed by atoms with E-state index >= 15 is 0 Å². The van der Waals surface area contributed by atoms with Gasteiger partial charge >= 0.3 is 0 Å². The molecule has 5 nitrogen and oxygen atoms in total. The summed E-state index contributed by atoms with van der Waals surface area (Å²) in [5.41, 5.74) is 4.26. The molecule has 1 fully saturated rings. The highest BCUT2D eigenvalue weighted by atomic mass is 16.2. The molecule has 5 heteroatoms. The molecular formula is C12H18N3O2. The summed E-state index contributed by atoms with van der Waals surface area (Å²) in [6, 6.07) is 2.17. The number of carbonyl (C=O) groups is 2. The Morgan fingerprint density at radius 2 is 2.18 bits per heavy atom. The van der Waals surface area contributed by atoms with Crippen LogP contribution in [0.25, 0.3) is 0 Å². The smallest absolute Gasteiger partial charge is 0.227 e. The Kier molecular flexibility index (Phi) is 4.11. The molecule has 2 N–H and O–H groups in total. The van der Waals surface area contributed by atoms with Crippen LogP contribution in [-0.4, -0.2) is 29.8 Å². The number of hydrogen-bond donors (Lipinski definition) is 1. The summed E-state index contributed by atoms with van der Waals surface area (Å²) in [5.74, 6) is -0.841. The van der Waals surface area contributed by atoms with E-state index in [-0.39, 0.29) is 11.8 Å². The first-order valence-corrected chi connectivity index (χ1v) is 5.71. The molecule has 1 atom stereocenters. The first-order chi connectivity index (χ1) is 7.86. The van der Waals surface area contributed by atoms with E-state index in [4.69, 9.17) is 11.0 Å². The molecule has 0 spiro atoms. The predicted molar refractivity (Wildman–Crippen MR) is 62.2 cm³/mol. The van der Waals surface area contributed by atoms with Crippen LogP contribution in [0.1, 0.15) is 26.7 Å². The molecule has 1 aliphatic rings. The van der Waals surface area contributed by atoms with Crippen LogP contribution >= 0.6 is 0 Å². The minimum absolute atomic E-state index is 0.0993. The molecule has 0 saturated carbocycles. The fourth-order valence-corrected chi connectivity index (χ4v) is 1.75. The van der Waals surface area contributed by atoms with Crippen molar-refractivity contribution in [3.63, 3.8) is 0 Å². The summed E-state index contributed by atoms with van der Waals surface area (Å²) in [4.78, 5) is 24.7. The lowest BCUT2D eigenvalue weighted by Crippen LogP contribution is -2.44. The number of amides is 2. The van der Waals surface area contributed by atoms with Crippen LogP contribution in [0.4, 0.5) is 0 Å². The quantitative estimate of drug-likeness (QED) is 0.772. The molecular weight excluding hydrogens is 218 g/mol. The topological polar surface area (TPSA) is 87.2 Å². The Bertz CT molecular complexity index is 357. The molecule has 17 heavy (non-hydrogen) atoms. The summed E-state index contributed by atoms with van der Waals surface area (Å²) in [7, 11) is 0. The summed E-state index contributed by atoms with van der Waals surface area (Å²) in [5, 5.41) is 8.84. The molecule has 0 bridgehead atoms. The van der Waals surface area contributed by atoms with Crippen LogP contribution in [0.5, 0.6) is 0 Å². The molecule has 0 aromatic heterocycles. The lowest BCUT2D eigenvalue weighted by Gasteiger charge is -2.31. The van der Waals surface area contributed by atoms with Crippen LogP contribution in [-0.2, 0) is 9.59 Å². The molecule has 1 heterocycles. The predicted octanol–water partition coefficient (Wildman–Crippen LogP) is 0.464. The van der Waals surface area contributed by atoms with E-state index in [9.17, 15) is 9.59 Å². The van der Waals surface area contributed by atoms with Gasteiger partial charge in [0.1, 0.15) is 0 Å². The van der Waals surface area contributed by atoms with E-state index in [1.807, 2.05) is 0 Å². The first-order valence-electron chi connectivity index (χ1n) is 5.71. The van der Waals surface area contributed by atoms with Gasteiger partial charge in [-0.3, -0.25) is 9.59 Å². The zero-order valence-corrected chi connectivity index (χ0v) is 10.3. The van der Waals surface area contributed by atoms with Crippen molar-refractivity contribution < 1.29 is 9.59 Å². The van der Waals surface area contributed by atoms with Crippen molar-refractivity contribution >= 4 is 11.8 Å². The maximum Gasteiger partial charge on any atom is 0.227 e. The van der Waals surface area contributed by atoms with Gasteiger partial charge in [0.2, 0.25) is 11.8 Å². The number of rotatable bonds is 3. The van der Waals surface area contributed by atoms with E-state index < -0.39 is 11.3 Å². The Morgan fingerprint density at radius 1 is 1.53 bits per heavy atom. The highest BCUT2D eigenvalue weighted by molar-refractivity contribution is 5.94. The Balaban J connectivity index is 2.59. The molecule has 93 valence electrons. The fourth-order valence-electron chi connectivity index (χ4n) is 1.75. The summed E-state index contributed by atoms with van der Waals surface area (Å²) in [6.07, 6.45) is 3.00. The second-order valence-electron chi connectivity index (χ2n) is 4.98. The fraction of sp³-hybridized carbons (Fsp3) is 0.667. The van der Waals surface area contributed by atoms with Crippen molar-refractivity contribution in [2.24, 2.45) is 17.1 Å². The minimum atomic E-state index is -0.948. The van der Waals surface area contributed by atoms with Crippen molar-refractivity contribution in [1.29, 1.82) is 5.26 Å². The third-order valence-electron chi connectivity index (χ3n) is 3.04. The minimum Gasteiger partial charge on any atom is -0.369 e. The van der Waals surface area contributed by atoms with Crippen molar-refractivity contribution in [3.05, 3.63) is 6.42 Å². The molecule has 1 rings (SSSR count). The van der Waals surface area contributed by atoms with E-state index in [2.05, 4.69) is 6.07 Å². The van der Waals surface area contributed by atoms with Crippen LogP contribution in [0, 0.1) is 29.1 Å². The van der Waals surface area contributed by atoms with Crippen molar-refractivity contribution in [2.45, 2.75) is 26.7 Å². The zero-order valence-electron chi connectivity index (χ0n) is 10.3. The maximum absolute atomic E-state index is 11.9. The van der Waals surface area contributed by atoms with Gasteiger partial charge in [-0.25, -0.2) is 0 Å². The zero-order chi connectivity index (χ0) is 13.1. The molecule has 0 aliphatic carbocycles. The van der Waals surface area contributed by atoms with Crippen LogP contribution in [0.15, 0.2) is 0 Å². The van der Waals surface area contributed by atoms with Gasteiger partial charge in [-0.05, 0) is 12.8 Å². The number of likely N-dealkylation sites (tertiary alicyclic amines) is 1. The second-order valence-corrected chi connectivity index (χ2v) is 4.98. The Labute approximate surface area is 102 Å². The number of primary amides is 1. The molecule has 0 unspecified atom stereocenters. The third-order valence-corrected chi connectivity index (χ3v) is 3.04. The van der Waals surface area contributed by atoms with Crippen molar-refractivity contribution in [3.8, 4) is 6.07 Å². The SMILES string of the molecule is CC(C)([CH]C(=O)N1CCC[C@@H](C#N)C1)C(N)=O. The van der Waals surface area contributed by atoms with Gasteiger partial charge in [0.05, 0.1) is 23.8 Å².